The predicted octanol–water partition coefficient (Wildman–Crippen LogP) is 2.59. The SMILES string of the molecule is CC(C)c1nccc(N2CC(Cn3nc(C(C)(C)C)ccc3=O)C2)n1. The maximum Gasteiger partial charge on any atom is 0.266 e. The molecule has 2 aromatic rings. The van der Waals surface area contributed by atoms with Gasteiger partial charge >= 0.3 is 0 Å². The molecule has 1 aliphatic heterocycles. The molecule has 1 aliphatic rings. The van der Waals surface area contributed by atoms with Gasteiger partial charge < -0.3 is 4.90 Å². The minimum Gasteiger partial charge on any atom is -0.356 e. The molecule has 0 bridgehead atoms. The zero-order chi connectivity index (χ0) is 18.2. The highest BCUT2D eigenvalue weighted by molar-refractivity contribution is 5.41. The largest absolute Gasteiger partial charge is 0.356 e. The van der Waals surface area contributed by atoms with Gasteiger partial charge in [0.15, 0.2) is 0 Å². The summed E-state index contributed by atoms with van der Waals surface area (Å²) in [5.74, 6) is 2.58. The molecule has 25 heavy (non-hydrogen) atoms. The Bertz CT molecular complexity index is 800. The van der Waals surface area contributed by atoms with Gasteiger partial charge in [-0.1, -0.05) is 34.6 Å². The van der Waals surface area contributed by atoms with Crippen molar-refractivity contribution in [2.75, 3.05) is 18.0 Å². The van der Waals surface area contributed by atoms with E-state index >= 15 is 0 Å². The van der Waals surface area contributed by atoms with Gasteiger partial charge in [0, 0.05) is 42.6 Å². The van der Waals surface area contributed by atoms with Crippen LogP contribution in [0, 0.1) is 5.92 Å². The molecule has 0 amide bonds. The van der Waals surface area contributed by atoms with Crippen molar-refractivity contribution in [3.05, 3.63) is 46.3 Å². The minimum atomic E-state index is -0.0602. The zero-order valence-corrected chi connectivity index (χ0v) is 15.7. The van der Waals surface area contributed by atoms with Gasteiger partial charge in [0.25, 0.3) is 5.56 Å². The van der Waals surface area contributed by atoms with Crippen molar-refractivity contribution in [2.24, 2.45) is 5.92 Å². The Morgan fingerprint density at radius 3 is 2.56 bits per heavy atom. The number of rotatable bonds is 4. The highest BCUT2D eigenvalue weighted by atomic mass is 16.1. The lowest BCUT2D eigenvalue weighted by atomic mass is 9.92. The Morgan fingerprint density at radius 1 is 1.20 bits per heavy atom. The van der Waals surface area contributed by atoms with Gasteiger partial charge in [-0.05, 0) is 12.1 Å². The molecular weight excluding hydrogens is 314 g/mol. The second-order valence-corrected chi connectivity index (χ2v) is 8.19. The highest BCUT2D eigenvalue weighted by Crippen LogP contribution is 2.25. The molecule has 3 heterocycles. The molecule has 0 aromatic carbocycles. The van der Waals surface area contributed by atoms with Crippen LogP contribution in [0.2, 0.25) is 0 Å². The standard InChI is InChI=1S/C19H27N5O/c1-13(2)18-20-9-8-16(21-18)23-10-14(11-23)12-24-17(25)7-6-15(22-24)19(3,4)5/h6-9,13-14H,10-12H2,1-5H3. The predicted molar refractivity (Wildman–Crippen MR) is 99.0 cm³/mol. The zero-order valence-electron chi connectivity index (χ0n) is 15.7. The van der Waals surface area contributed by atoms with Crippen molar-refractivity contribution in [1.82, 2.24) is 19.7 Å². The summed E-state index contributed by atoms with van der Waals surface area (Å²) in [6, 6.07) is 5.41. The van der Waals surface area contributed by atoms with Crippen LogP contribution in [0.3, 0.4) is 0 Å². The lowest BCUT2D eigenvalue weighted by Crippen LogP contribution is -2.50. The van der Waals surface area contributed by atoms with Crippen LogP contribution in [0.4, 0.5) is 5.82 Å². The normalized spacial score (nSPS) is 15.5. The van der Waals surface area contributed by atoms with Gasteiger partial charge in [-0.3, -0.25) is 4.79 Å². The summed E-state index contributed by atoms with van der Waals surface area (Å²) in [4.78, 5) is 23.3. The van der Waals surface area contributed by atoms with Crippen LogP contribution in [0.25, 0.3) is 0 Å². The lowest BCUT2D eigenvalue weighted by Gasteiger charge is -2.40. The van der Waals surface area contributed by atoms with Gasteiger partial charge in [0.2, 0.25) is 0 Å². The second-order valence-electron chi connectivity index (χ2n) is 8.19. The molecule has 6 heteroatoms. The van der Waals surface area contributed by atoms with Crippen molar-refractivity contribution < 1.29 is 0 Å². The van der Waals surface area contributed by atoms with Crippen LogP contribution < -0.4 is 10.5 Å². The van der Waals surface area contributed by atoms with Gasteiger partial charge in [-0.25, -0.2) is 14.6 Å². The Morgan fingerprint density at radius 2 is 1.92 bits per heavy atom. The first-order valence-electron chi connectivity index (χ1n) is 8.90. The first-order chi connectivity index (χ1) is 11.7. The van der Waals surface area contributed by atoms with Crippen LogP contribution in [0.15, 0.2) is 29.2 Å². The monoisotopic (exact) mass is 341 g/mol. The van der Waals surface area contributed by atoms with Crippen LogP contribution in [-0.2, 0) is 12.0 Å². The van der Waals surface area contributed by atoms with E-state index in [0.29, 0.717) is 18.4 Å². The maximum absolute atomic E-state index is 12.1. The number of nitrogens with zero attached hydrogens (tertiary/aromatic N) is 5. The molecule has 6 nitrogen and oxygen atoms in total. The van der Waals surface area contributed by atoms with E-state index in [1.807, 2.05) is 18.3 Å². The first kappa shape index (κ1) is 17.6. The molecule has 0 N–H and O–H groups in total. The van der Waals surface area contributed by atoms with E-state index in [2.05, 4.69) is 54.6 Å². The van der Waals surface area contributed by atoms with Crippen LogP contribution in [0.5, 0.6) is 0 Å². The van der Waals surface area contributed by atoms with Gasteiger partial charge in [0.1, 0.15) is 11.6 Å². The Labute approximate surface area is 148 Å². The maximum atomic E-state index is 12.1. The summed E-state index contributed by atoms with van der Waals surface area (Å²) in [5.41, 5.74) is 0.853. The summed E-state index contributed by atoms with van der Waals surface area (Å²) < 4.78 is 1.61. The van der Waals surface area contributed by atoms with Crippen molar-refractivity contribution in [3.63, 3.8) is 0 Å². The minimum absolute atomic E-state index is 0.0319. The number of hydrogen-bond acceptors (Lipinski definition) is 5. The number of anilines is 1. The van der Waals surface area contributed by atoms with Crippen LogP contribution in [-0.4, -0.2) is 32.8 Å². The summed E-state index contributed by atoms with van der Waals surface area (Å²) in [5, 5.41) is 4.56. The van der Waals surface area contributed by atoms with Crippen molar-refractivity contribution in [3.8, 4) is 0 Å². The highest BCUT2D eigenvalue weighted by Gasteiger charge is 2.29. The first-order valence-corrected chi connectivity index (χ1v) is 8.90. The second kappa shape index (κ2) is 6.58. The third-order valence-electron chi connectivity index (χ3n) is 4.52. The average Bonchev–Trinajstić information content (AvgIpc) is 2.51. The van der Waals surface area contributed by atoms with E-state index in [-0.39, 0.29) is 11.0 Å². The van der Waals surface area contributed by atoms with E-state index in [0.717, 1.165) is 30.4 Å². The van der Waals surface area contributed by atoms with Crippen molar-refractivity contribution >= 4 is 5.82 Å². The van der Waals surface area contributed by atoms with E-state index in [9.17, 15) is 4.79 Å². The van der Waals surface area contributed by atoms with E-state index in [1.54, 1.807) is 10.7 Å². The van der Waals surface area contributed by atoms with E-state index in [1.165, 1.54) is 0 Å². The Hall–Kier alpha value is -2.24. The van der Waals surface area contributed by atoms with E-state index in [4.69, 9.17) is 0 Å². The van der Waals surface area contributed by atoms with Gasteiger partial charge in [-0.15, -0.1) is 0 Å². The average molecular weight is 341 g/mol. The summed E-state index contributed by atoms with van der Waals surface area (Å²) >= 11 is 0. The quantitative estimate of drug-likeness (QED) is 0.855. The van der Waals surface area contributed by atoms with Crippen LogP contribution >= 0.6 is 0 Å². The molecule has 0 aliphatic carbocycles. The van der Waals surface area contributed by atoms with Gasteiger partial charge in [0.05, 0.1) is 12.2 Å². The molecule has 2 aromatic heterocycles. The van der Waals surface area contributed by atoms with Crippen molar-refractivity contribution in [1.29, 1.82) is 0 Å². The van der Waals surface area contributed by atoms with E-state index < -0.39 is 0 Å². The van der Waals surface area contributed by atoms with Crippen molar-refractivity contribution in [2.45, 2.75) is 52.5 Å². The molecular formula is C19H27N5O. The topological polar surface area (TPSA) is 63.9 Å². The third-order valence-corrected chi connectivity index (χ3v) is 4.52. The lowest BCUT2D eigenvalue weighted by molar-refractivity contribution is 0.327. The fourth-order valence-corrected chi connectivity index (χ4v) is 2.91. The molecule has 0 atom stereocenters. The Balaban J connectivity index is 1.66. The molecule has 134 valence electrons. The number of hydrogen-bond donors (Lipinski definition) is 0. The fraction of sp³-hybridized carbons (Fsp3) is 0.579. The smallest absolute Gasteiger partial charge is 0.266 e. The number of aromatic nitrogens is 4. The molecule has 3 rings (SSSR count). The third kappa shape index (κ3) is 3.89. The Kier molecular flexibility index (Phi) is 4.62. The molecule has 0 radical (unpaired) electrons. The summed E-state index contributed by atoms with van der Waals surface area (Å²) in [6.07, 6.45) is 1.82. The summed E-state index contributed by atoms with van der Waals surface area (Å²) in [7, 11) is 0. The van der Waals surface area contributed by atoms with Crippen LogP contribution in [0.1, 0.15) is 52.1 Å². The molecule has 0 spiro atoms. The van der Waals surface area contributed by atoms with Gasteiger partial charge in [-0.2, -0.15) is 5.10 Å². The molecule has 0 saturated carbocycles. The molecule has 0 unspecified atom stereocenters. The molecule has 1 fully saturated rings. The summed E-state index contributed by atoms with van der Waals surface area (Å²) in [6.45, 7) is 13.0. The fourth-order valence-electron chi connectivity index (χ4n) is 2.91. The molecule has 1 saturated heterocycles.